The number of amides is 1. The van der Waals surface area contributed by atoms with Crippen LogP contribution in [0.25, 0.3) is 0 Å². The van der Waals surface area contributed by atoms with Crippen molar-refractivity contribution in [1.82, 2.24) is 15.5 Å². The Morgan fingerprint density at radius 3 is 2.82 bits per heavy atom. The van der Waals surface area contributed by atoms with Crippen LogP contribution < -0.4 is 10.6 Å². The third-order valence-corrected chi connectivity index (χ3v) is 3.50. The molecule has 2 aromatic rings. The highest BCUT2D eigenvalue weighted by Gasteiger charge is 2.34. The number of hydrogen-bond donors (Lipinski definition) is 3. The Hall–Kier alpha value is -2.35. The Balaban J connectivity index is 1.88. The Morgan fingerprint density at radius 1 is 1.27 bits per heavy atom. The van der Waals surface area contributed by atoms with Gasteiger partial charge in [0.2, 0.25) is 0 Å². The van der Waals surface area contributed by atoms with Crippen LogP contribution in [0.1, 0.15) is 27.3 Å². The Kier molecular flexibility index (Phi) is 3.61. The molecule has 8 heteroatoms. The number of H-pyrrole nitrogens is 1. The first-order chi connectivity index (χ1) is 10.5. The molecule has 1 aromatic carbocycles. The van der Waals surface area contributed by atoms with Gasteiger partial charge in [-0.15, -0.1) is 0 Å². The van der Waals surface area contributed by atoms with Gasteiger partial charge in [0.25, 0.3) is 5.91 Å². The lowest BCUT2D eigenvalue weighted by Gasteiger charge is -2.15. The fourth-order valence-corrected chi connectivity index (χ4v) is 2.43. The van der Waals surface area contributed by atoms with Crippen molar-refractivity contribution in [3.63, 3.8) is 0 Å². The number of aromatic nitrogens is 2. The van der Waals surface area contributed by atoms with Crippen molar-refractivity contribution < 1.29 is 18.0 Å². The third-order valence-electron chi connectivity index (χ3n) is 3.50. The topological polar surface area (TPSA) is 69.8 Å². The molecule has 0 radical (unpaired) electrons. The van der Waals surface area contributed by atoms with Crippen molar-refractivity contribution >= 4 is 11.6 Å². The molecule has 2 heterocycles. The lowest BCUT2D eigenvalue weighted by Crippen LogP contribution is -2.25. The molecular weight excluding hydrogens is 297 g/mol. The second kappa shape index (κ2) is 5.45. The molecule has 0 saturated heterocycles. The summed E-state index contributed by atoms with van der Waals surface area (Å²) in [5, 5.41) is 12.1. The first-order valence-electron chi connectivity index (χ1n) is 6.71. The zero-order valence-electron chi connectivity index (χ0n) is 11.4. The summed E-state index contributed by atoms with van der Waals surface area (Å²) in [5.74, 6) is -0.655. The quantitative estimate of drug-likeness (QED) is 0.797. The fraction of sp³-hybridized carbons (Fsp3) is 0.286. The van der Waals surface area contributed by atoms with Gasteiger partial charge in [0.15, 0.2) is 5.69 Å². The molecule has 1 amide bonds. The first kappa shape index (κ1) is 14.6. The summed E-state index contributed by atoms with van der Waals surface area (Å²) >= 11 is 0. The summed E-state index contributed by atoms with van der Waals surface area (Å²) < 4.78 is 38.8. The minimum atomic E-state index is -4.53. The van der Waals surface area contributed by atoms with Gasteiger partial charge in [0, 0.05) is 30.8 Å². The van der Waals surface area contributed by atoms with E-state index in [4.69, 9.17) is 0 Å². The second-order valence-electron chi connectivity index (χ2n) is 4.95. The molecule has 3 N–H and O–H groups in total. The monoisotopic (exact) mass is 310 g/mol. The van der Waals surface area contributed by atoms with E-state index in [1.165, 1.54) is 18.2 Å². The highest BCUT2D eigenvalue weighted by molar-refractivity contribution is 6.04. The lowest BCUT2D eigenvalue weighted by atomic mass is 10.1. The first-order valence-corrected chi connectivity index (χ1v) is 6.71. The molecule has 116 valence electrons. The van der Waals surface area contributed by atoms with Gasteiger partial charge in [-0.1, -0.05) is 12.1 Å². The van der Waals surface area contributed by atoms with Crippen LogP contribution in [0.2, 0.25) is 0 Å². The number of nitrogens with one attached hydrogen (secondary N) is 3. The zero-order chi connectivity index (χ0) is 15.7. The normalized spacial score (nSPS) is 14.5. The summed E-state index contributed by atoms with van der Waals surface area (Å²) in [7, 11) is 0. The number of alkyl halides is 3. The maximum Gasteiger partial charge on any atom is 0.418 e. The molecule has 0 spiro atoms. The van der Waals surface area contributed by atoms with Gasteiger partial charge < -0.3 is 10.6 Å². The molecule has 1 aliphatic heterocycles. The molecule has 0 bridgehead atoms. The van der Waals surface area contributed by atoms with Crippen molar-refractivity contribution in [2.75, 3.05) is 11.9 Å². The van der Waals surface area contributed by atoms with E-state index in [-0.39, 0.29) is 11.4 Å². The summed E-state index contributed by atoms with van der Waals surface area (Å²) in [5.41, 5.74) is 0.506. The Labute approximate surface area is 123 Å². The highest BCUT2D eigenvalue weighted by Crippen LogP contribution is 2.34. The molecule has 3 rings (SSSR count). The molecule has 1 aliphatic rings. The number of anilines is 1. The number of halogens is 3. The number of carbonyl (C=O) groups excluding carboxylic acids is 1. The van der Waals surface area contributed by atoms with E-state index in [2.05, 4.69) is 20.8 Å². The Morgan fingerprint density at radius 2 is 2.05 bits per heavy atom. The minimum absolute atomic E-state index is 0.124. The molecule has 0 aliphatic carbocycles. The lowest BCUT2D eigenvalue weighted by molar-refractivity contribution is -0.136. The summed E-state index contributed by atoms with van der Waals surface area (Å²) in [6.45, 7) is 1.24. The number of fused-ring (bicyclic) bond motifs is 1. The van der Waals surface area contributed by atoms with Crippen LogP contribution in [-0.4, -0.2) is 22.6 Å². The summed E-state index contributed by atoms with van der Waals surface area (Å²) in [4.78, 5) is 12.2. The maximum atomic E-state index is 12.9. The van der Waals surface area contributed by atoms with E-state index >= 15 is 0 Å². The number of aromatic amines is 1. The van der Waals surface area contributed by atoms with E-state index in [1.54, 1.807) is 0 Å². The molecule has 0 fully saturated rings. The Bertz CT molecular complexity index is 708. The van der Waals surface area contributed by atoms with Crippen LogP contribution in [0, 0.1) is 0 Å². The van der Waals surface area contributed by atoms with Crippen LogP contribution in [0.4, 0.5) is 18.9 Å². The standard InChI is InChI=1S/C14H13F3N4O/c15-14(16,17)9-3-1-2-4-11(9)19-13(22)12-8-7-18-6-5-10(8)20-21-12/h1-4,18H,5-7H2,(H,19,22)(H,20,21). The molecule has 5 nitrogen and oxygen atoms in total. The van der Waals surface area contributed by atoms with Crippen molar-refractivity contribution in [2.24, 2.45) is 0 Å². The third kappa shape index (κ3) is 2.69. The van der Waals surface area contributed by atoms with Gasteiger partial charge in [-0.25, -0.2) is 0 Å². The summed E-state index contributed by atoms with van der Waals surface area (Å²) in [6.07, 6.45) is -3.83. The highest BCUT2D eigenvalue weighted by atomic mass is 19.4. The number of rotatable bonds is 2. The predicted octanol–water partition coefficient (Wildman–Crippen LogP) is 2.33. The van der Waals surface area contributed by atoms with E-state index in [1.807, 2.05) is 0 Å². The van der Waals surface area contributed by atoms with Gasteiger partial charge in [0.1, 0.15) is 0 Å². The molecule has 22 heavy (non-hydrogen) atoms. The largest absolute Gasteiger partial charge is 0.418 e. The number of benzene rings is 1. The minimum Gasteiger partial charge on any atom is -0.320 e. The molecule has 0 unspecified atom stereocenters. The fourth-order valence-electron chi connectivity index (χ4n) is 2.43. The second-order valence-corrected chi connectivity index (χ2v) is 4.95. The van der Waals surface area contributed by atoms with E-state index in [0.717, 1.165) is 18.3 Å². The number of carbonyl (C=O) groups is 1. The average molecular weight is 310 g/mol. The molecule has 0 saturated carbocycles. The van der Waals surface area contributed by atoms with Gasteiger partial charge in [-0.05, 0) is 12.1 Å². The number of hydrogen-bond acceptors (Lipinski definition) is 3. The molecular formula is C14H13F3N4O. The van der Waals surface area contributed by atoms with Crippen LogP contribution >= 0.6 is 0 Å². The van der Waals surface area contributed by atoms with Crippen LogP contribution in [-0.2, 0) is 19.1 Å². The van der Waals surface area contributed by atoms with Gasteiger partial charge in [-0.2, -0.15) is 18.3 Å². The number of nitrogens with zero attached hydrogens (tertiary/aromatic N) is 1. The molecule has 1 aromatic heterocycles. The predicted molar refractivity (Wildman–Crippen MR) is 73.4 cm³/mol. The van der Waals surface area contributed by atoms with Gasteiger partial charge >= 0.3 is 6.18 Å². The SMILES string of the molecule is O=C(Nc1ccccc1C(F)(F)F)c1n[nH]c2c1CNCC2. The van der Waals surface area contributed by atoms with Crippen molar-refractivity contribution in [3.8, 4) is 0 Å². The number of para-hydroxylation sites is 1. The van der Waals surface area contributed by atoms with Crippen molar-refractivity contribution in [3.05, 3.63) is 46.8 Å². The van der Waals surface area contributed by atoms with Crippen molar-refractivity contribution in [2.45, 2.75) is 19.1 Å². The average Bonchev–Trinajstić information content (AvgIpc) is 2.90. The van der Waals surface area contributed by atoms with Gasteiger partial charge in [0.05, 0.1) is 11.3 Å². The van der Waals surface area contributed by atoms with E-state index < -0.39 is 17.6 Å². The van der Waals surface area contributed by atoms with Crippen LogP contribution in [0.5, 0.6) is 0 Å². The molecule has 0 atom stereocenters. The van der Waals surface area contributed by atoms with E-state index in [0.29, 0.717) is 18.5 Å². The van der Waals surface area contributed by atoms with Crippen LogP contribution in [0.3, 0.4) is 0 Å². The smallest absolute Gasteiger partial charge is 0.320 e. The van der Waals surface area contributed by atoms with Crippen molar-refractivity contribution in [1.29, 1.82) is 0 Å². The van der Waals surface area contributed by atoms with Crippen LogP contribution in [0.15, 0.2) is 24.3 Å². The van der Waals surface area contributed by atoms with Gasteiger partial charge in [-0.3, -0.25) is 9.89 Å². The summed E-state index contributed by atoms with van der Waals surface area (Å²) in [6, 6.07) is 4.86. The maximum absolute atomic E-state index is 12.9. The zero-order valence-corrected chi connectivity index (χ0v) is 11.4. The van der Waals surface area contributed by atoms with E-state index in [9.17, 15) is 18.0 Å².